The Labute approximate surface area is 155 Å². The molecule has 0 aromatic heterocycles. The SMILES string of the molecule is COc1cc(C)c(/C=N\NC(=O)[C@H](C)Oc2ccccc2)cc1C(C)C. The van der Waals surface area contributed by atoms with Gasteiger partial charge in [-0.05, 0) is 60.7 Å². The predicted octanol–water partition coefficient (Wildman–Crippen LogP) is 4.04. The van der Waals surface area contributed by atoms with Crippen LogP contribution in [0.5, 0.6) is 11.5 Å². The Morgan fingerprint density at radius 2 is 1.85 bits per heavy atom. The lowest BCUT2D eigenvalue weighted by molar-refractivity contribution is -0.127. The van der Waals surface area contributed by atoms with Gasteiger partial charge in [-0.3, -0.25) is 4.79 Å². The number of hydrazone groups is 1. The van der Waals surface area contributed by atoms with Crippen LogP contribution in [0, 0.1) is 6.92 Å². The van der Waals surface area contributed by atoms with Crippen molar-refractivity contribution in [2.45, 2.75) is 39.7 Å². The molecule has 26 heavy (non-hydrogen) atoms. The van der Waals surface area contributed by atoms with Crippen molar-refractivity contribution < 1.29 is 14.3 Å². The Morgan fingerprint density at radius 1 is 1.15 bits per heavy atom. The third kappa shape index (κ3) is 5.09. The highest BCUT2D eigenvalue weighted by atomic mass is 16.5. The van der Waals surface area contributed by atoms with Crippen molar-refractivity contribution in [2.75, 3.05) is 7.11 Å². The molecule has 2 aromatic rings. The quantitative estimate of drug-likeness (QED) is 0.603. The molecular formula is C21H26N2O3. The summed E-state index contributed by atoms with van der Waals surface area (Å²) >= 11 is 0. The molecule has 0 aliphatic carbocycles. The van der Waals surface area contributed by atoms with Crippen LogP contribution in [0.2, 0.25) is 0 Å². The normalized spacial score (nSPS) is 12.2. The number of hydrogen-bond acceptors (Lipinski definition) is 4. The number of amides is 1. The fourth-order valence-electron chi connectivity index (χ4n) is 2.50. The zero-order valence-corrected chi connectivity index (χ0v) is 15.9. The summed E-state index contributed by atoms with van der Waals surface area (Å²) in [6, 6.07) is 13.2. The molecule has 2 rings (SSSR count). The zero-order valence-electron chi connectivity index (χ0n) is 15.9. The van der Waals surface area contributed by atoms with Gasteiger partial charge in [0.15, 0.2) is 6.10 Å². The summed E-state index contributed by atoms with van der Waals surface area (Å²) in [5, 5.41) is 4.08. The number of nitrogens with zero attached hydrogens (tertiary/aromatic N) is 1. The van der Waals surface area contributed by atoms with Crippen molar-refractivity contribution in [1.29, 1.82) is 0 Å². The highest BCUT2D eigenvalue weighted by molar-refractivity contribution is 5.85. The summed E-state index contributed by atoms with van der Waals surface area (Å²) in [6.45, 7) is 7.89. The molecule has 0 spiro atoms. The van der Waals surface area contributed by atoms with E-state index in [2.05, 4.69) is 24.4 Å². The number of para-hydroxylation sites is 1. The third-order valence-electron chi connectivity index (χ3n) is 4.04. The van der Waals surface area contributed by atoms with Crippen LogP contribution < -0.4 is 14.9 Å². The molecule has 0 aliphatic heterocycles. The molecular weight excluding hydrogens is 328 g/mol. The molecule has 1 amide bonds. The Morgan fingerprint density at radius 3 is 2.46 bits per heavy atom. The summed E-state index contributed by atoms with van der Waals surface area (Å²) in [5.41, 5.74) is 5.60. The van der Waals surface area contributed by atoms with Crippen molar-refractivity contribution in [3.8, 4) is 11.5 Å². The van der Waals surface area contributed by atoms with Crippen molar-refractivity contribution in [2.24, 2.45) is 5.10 Å². The fraction of sp³-hybridized carbons (Fsp3) is 0.333. The first-order valence-corrected chi connectivity index (χ1v) is 8.65. The Balaban J connectivity index is 2.03. The highest BCUT2D eigenvalue weighted by Gasteiger charge is 2.14. The van der Waals surface area contributed by atoms with Gasteiger partial charge < -0.3 is 9.47 Å². The molecule has 0 bridgehead atoms. The average molecular weight is 354 g/mol. The van der Waals surface area contributed by atoms with Gasteiger partial charge >= 0.3 is 0 Å². The molecule has 2 aromatic carbocycles. The topological polar surface area (TPSA) is 59.9 Å². The second kappa shape index (κ2) is 9.04. The van der Waals surface area contributed by atoms with Crippen LogP contribution in [0.4, 0.5) is 0 Å². The third-order valence-corrected chi connectivity index (χ3v) is 4.04. The van der Waals surface area contributed by atoms with E-state index in [1.165, 1.54) is 0 Å². The number of aryl methyl sites for hydroxylation is 1. The molecule has 138 valence electrons. The summed E-state index contributed by atoms with van der Waals surface area (Å²) in [7, 11) is 1.67. The lowest BCUT2D eigenvalue weighted by atomic mass is 9.97. The predicted molar refractivity (Wildman–Crippen MR) is 104 cm³/mol. The molecule has 1 atom stereocenters. The largest absolute Gasteiger partial charge is 0.496 e. The average Bonchev–Trinajstić information content (AvgIpc) is 2.63. The van der Waals surface area contributed by atoms with E-state index in [1.807, 2.05) is 37.3 Å². The first kappa shape index (κ1) is 19.5. The maximum Gasteiger partial charge on any atom is 0.280 e. The van der Waals surface area contributed by atoms with Gasteiger partial charge in [0.05, 0.1) is 13.3 Å². The number of carbonyl (C=O) groups is 1. The van der Waals surface area contributed by atoms with Gasteiger partial charge in [0.1, 0.15) is 11.5 Å². The maximum absolute atomic E-state index is 12.1. The Kier molecular flexibility index (Phi) is 6.78. The van der Waals surface area contributed by atoms with E-state index >= 15 is 0 Å². The number of ether oxygens (including phenoxy) is 2. The van der Waals surface area contributed by atoms with Gasteiger partial charge in [-0.25, -0.2) is 5.43 Å². The van der Waals surface area contributed by atoms with Gasteiger partial charge in [-0.2, -0.15) is 5.10 Å². The standard InChI is InChI=1S/C21H26N2O3/c1-14(2)19-12-17(15(3)11-20(19)25-5)13-22-23-21(24)16(4)26-18-9-7-6-8-10-18/h6-14,16H,1-5H3,(H,23,24)/b22-13-/t16-/m0/s1. The summed E-state index contributed by atoms with van der Waals surface area (Å²) in [6.07, 6.45) is 1.01. The van der Waals surface area contributed by atoms with Crippen LogP contribution in [0.15, 0.2) is 47.6 Å². The van der Waals surface area contributed by atoms with Gasteiger partial charge in [-0.15, -0.1) is 0 Å². The number of hydrogen-bond donors (Lipinski definition) is 1. The van der Waals surface area contributed by atoms with Crippen molar-refractivity contribution >= 4 is 12.1 Å². The smallest absolute Gasteiger partial charge is 0.280 e. The molecule has 5 nitrogen and oxygen atoms in total. The van der Waals surface area contributed by atoms with Crippen molar-refractivity contribution in [1.82, 2.24) is 5.43 Å². The first-order chi connectivity index (χ1) is 12.4. The van der Waals surface area contributed by atoms with E-state index in [1.54, 1.807) is 32.4 Å². The molecule has 0 aliphatic rings. The number of methoxy groups -OCH3 is 1. The van der Waals surface area contributed by atoms with E-state index in [0.29, 0.717) is 11.7 Å². The van der Waals surface area contributed by atoms with Crippen LogP contribution >= 0.6 is 0 Å². The number of benzene rings is 2. The minimum Gasteiger partial charge on any atom is -0.496 e. The van der Waals surface area contributed by atoms with E-state index in [-0.39, 0.29) is 5.91 Å². The number of nitrogens with one attached hydrogen (secondary N) is 1. The van der Waals surface area contributed by atoms with E-state index in [0.717, 1.165) is 22.4 Å². The first-order valence-electron chi connectivity index (χ1n) is 8.65. The van der Waals surface area contributed by atoms with Crippen molar-refractivity contribution in [3.63, 3.8) is 0 Å². The minimum atomic E-state index is -0.641. The van der Waals surface area contributed by atoms with E-state index < -0.39 is 6.10 Å². The molecule has 0 saturated carbocycles. The Bertz CT molecular complexity index is 770. The summed E-state index contributed by atoms with van der Waals surface area (Å²) in [5.74, 6) is 1.53. The highest BCUT2D eigenvalue weighted by Crippen LogP contribution is 2.29. The van der Waals surface area contributed by atoms with Crippen LogP contribution in [0.1, 0.15) is 43.4 Å². The molecule has 0 fully saturated rings. The van der Waals surface area contributed by atoms with Crippen LogP contribution in [-0.2, 0) is 4.79 Å². The second-order valence-corrected chi connectivity index (χ2v) is 6.41. The summed E-state index contributed by atoms with van der Waals surface area (Å²) < 4.78 is 11.0. The van der Waals surface area contributed by atoms with Gasteiger partial charge in [0.25, 0.3) is 5.91 Å². The fourth-order valence-corrected chi connectivity index (χ4v) is 2.50. The molecule has 0 heterocycles. The van der Waals surface area contributed by atoms with Crippen LogP contribution in [-0.4, -0.2) is 25.3 Å². The van der Waals surface area contributed by atoms with Gasteiger partial charge in [0.2, 0.25) is 0 Å². The lowest BCUT2D eigenvalue weighted by Gasteiger charge is -2.14. The van der Waals surface area contributed by atoms with Gasteiger partial charge in [-0.1, -0.05) is 32.0 Å². The van der Waals surface area contributed by atoms with Gasteiger partial charge in [0, 0.05) is 0 Å². The van der Waals surface area contributed by atoms with Crippen LogP contribution in [0.3, 0.4) is 0 Å². The number of rotatable bonds is 7. The van der Waals surface area contributed by atoms with E-state index in [4.69, 9.17) is 9.47 Å². The van der Waals surface area contributed by atoms with Crippen molar-refractivity contribution in [3.05, 3.63) is 59.2 Å². The second-order valence-electron chi connectivity index (χ2n) is 6.41. The molecule has 0 radical (unpaired) electrons. The van der Waals surface area contributed by atoms with Crippen LogP contribution in [0.25, 0.3) is 0 Å². The lowest BCUT2D eigenvalue weighted by Crippen LogP contribution is -2.33. The van der Waals surface area contributed by atoms with E-state index in [9.17, 15) is 4.79 Å². The monoisotopic (exact) mass is 354 g/mol. The molecule has 5 heteroatoms. The molecule has 1 N–H and O–H groups in total. The molecule has 0 saturated heterocycles. The maximum atomic E-state index is 12.1. The zero-order chi connectivity index (χ0) is 19.1. The minimum absolute atomic E-state index is 0.305. The Hall–Kier alpha value is -2.82. The molecule has 0 unspecified atom stereocenters. The summed E-state index contributed by atoms with van der Waals surface area (Å²) in [4.78, 5) is 12.1. The number of carbonyl (C=O) groups excluding carboxylic acids is 1.